The number of sulfone groups is 1. The van der Waals surface area contributed by atoms with Gasteiger partial charge in [-0.1, -0.05) is 24.3 Å². The number of anilines is 1. The molecule has 0 N–H and O–H groups in total. The topological polar surface area (TPSA) is 95.1 Å². The number of benzene rings is 2. The smallest absolute Gasteiger partial charge is 0.243 e. The van der Waals surface area contributed by atoms with Crippen molar-refractivity contribution < 1.29 is 21.6 Å². The zero-order valence-electron chi connectivity index (χ0n) is 20.0. The van der Waals surface area contributed by atoms with E-state index < -0.39 is 19.9 Å². The molecule has 1 fully saturated rings. The zero-order chi connectivity index (χ0) is 24.9. The van der Waals surface area contributed by atoms with Crippen molar-refractivity contribution in [2.45, 2.75) is 29.1 Å². The predicted molar refractivity (Wildman–Crippen MR) is 134 cm³/mol. The summed E-state index contributed by atoms with van der Waals surface area (Å²) in [6, 6.07) is 14.2. The second-order valence-corrected chi connectivity index (χ2v) is 12.9. The van der Waals surface area contributed by atoms with Gasteiger partial charge in [0.1, 0.15) is 4.90 Å². The maximum Gasteiger partial charge on any atom is 0.243 e. The second-order valence-electron chi connectivity index (χ2n) is 8.77. The lowest BCUT2D eigenvalue weighted by molar-refractivity contribution is 0.0977. The third-order valence-electron chi connectivity index (χ3n) is 6.05. The van der Waals surface area contributed by atoms with Gasteiger partial charge >= 0.3 is 0 Å². The summed E-state index contributed by atoms with van der Waals surface area (Å²) in [4.78, 5) is 16.8. The third-order valence-corrected chi connectivity index (χ3v) is 9.18. The molecule has 2 aromatic carbocycles. The number of sulfonamides is 1. The van der Waals surface area contributed by atoms with Gasteiger partial charge in [0.05, 0.1) is 4.90 Å². The van der Waals surface area contributed by atoms with E-state index in [1.807, 2.05) is 18.2 Å². The van der Waals surface area contributed by atoms with Gasteiger partial charge in [-0.05, 0) is 43.7 Å². The highest BCUT2D eigenvalue weighted by atomic mass is 32.2. The molecule has 0 aromatic heterocycles. The quantitative estimate of drug-likeness (QED) is 0.360. The number of carbonyl (C=O) groups is 1. The van der Waals surface area contributed by atoms with Crippen LogP contribution in [-0.2, 0) is 19.9 Å². The first kappa shape index (κ1) is 26.3. The molecule has 0 saturated carbocycles. The van der Waals surface area contributed by atoms with Gasteiger partial charge in [-0.2, -0.15) is 0 Å². The maximum absolute atomic E-state index is 12.7. The Labute approximate surface area is 203 Å². The molecule has 0 spiro atoms. The van der Waals surface area contributed by atoms with Crippen LogP contribution < -0.4 is 4.90 Å². The van der Waals surface area contributed by atoms with Crippen LogP contribution >= 0.6 is 0 Å². The van der Waals surface area contributed by atoms with Crippen LogP contribution in [0.4, 0.5) is 5.69 Å². The number of carbonyl (C=O) groups excluding carboxylic acids is 1. The van der Waals surface area contributed by atoms with E-state index in [1.54, 1.807) is 0 Å². The first-order valence-corrected chi connectivity index (χ1v) is 14.7. The van der Waals surface area contributed by atoms with Gasteiger partial charge in [0.2, 0.25) is 10.0 Å². The molecule has 8 nitrogen and oxygen atoms in total. The number of Topliss-reactive ketones (excluding diaryl/α,β-unsaturated/α-hetero) is 1. The Hall–Kier alpha value is -2.27. The minimum Gasteiger partial charge on any atom is -0.369 e. The minimum absolute atomic E-state index is 0.191. The average molecular weight is 508 g/mol. The van der Waals surface area contributed by atoms with E-state index in [0.29, 0.717) is 6.42 Å². The monoisotopic (exact) mass is 507 g/mol. The number of para-hydroxylation sites is 1. The van der Waals surface area contributed by atoms with Crippen molar-refractivity contribution in [3.05, 3.63) is 54.1 Å². The van der Waals surface area contributed by atoms with Crippen molar-refractivity contribution >= 4 is 31.3 Å². The lowest BCUT2D eigenvalue weighted by atomic mass is 10.1. The van der Waals surface area contributed by atoms with Crippen molar-refractivity contribution in [3.63, 3.8) is 0 Å². The highest BCUT2D eigenvalue weighted by molar-refractivity contribution is 7.93. The molecule has 3 rings (SSSR count). The summed E-state index contributed by atoms with van der Waals surface area (Å²) >= 11 is 0. The van der Waals surface area contributed by atoms with E-state index in [2.05, 4.69) is 21.9 Å². The molecule has 0 unspecified atom stereocenters. The highest BCUT2D eigenvalue weighted by Crippen LogP contribution is 2.25. The van der Waals surface area contributed by atoms with Gasteiger partial charge in [0.15, 0.2) is 15.6 Å². The molecule has 10 heteroatoms. The van der Waals surface area contributed by atoms with E-state index in [-0.39, 0.29) is 27.6 Å². The van der Waals surface area contributed by atoms with Crippen molar-refractivity contribution in [2.24, 2.45) is 0 Å². The number of piperazine rings is 1. The minimum atomic E-state index is -4.02. The Morgan fingerprint density at radius 3 is 2.12 bits per heavy atom. The van der Waals surface area contributed by atoms with E-state index in [9.17, 15) is 21.6 Å². The Morgan fingerprint density at radius 2 is 1.53 bits per heavy atom. The number of rotatable bonds is 10. The van der Waals surface area contributed by atoms with Crippen molar-refractivity contribution in [2.75, 3.05) is 58.0 Å². The standard InChI is InChI=1S/C24H33N3O5S2/c1-25(2)34(31,32)24-19-20(12-13-23(24)33(3,29)30)22(28)11-7-8-14-26-15-17-27(18-16-26)21-9-5-4-6-10-21/h4-6,9-10,12-13,19H,7-8,11,14-18H2,1-3H3. The molecule has 1 aliphatic heterocycles. The van der Waals surface area contributed by atoms with Crippen LogP contribution in [-0.4, -0.2) is 84.9 Å². The molecule has 2 aromatic rings. The molecule has 34 heavy (non-hydrogen) atoms. The van der Waals surface area contributed by atoms with Gasteiger partial charge in [-0.3, -0.25) is 9.69 Å². The highest BCUT2D eigenvalue weighted by Gasteiger charge is 2.27. The van der Waals surface area contributed by atoms with Crippen LogP contribution in [0.3, 0.4) is 0 Å². The lowest BCUT2D eigenvalue weighted by Gasteiger charge is -2.36. The van der Waals surface area contributed by atoms with Crippen LogP contribution in [0.15, 0.2) is 58.3 Å². The molecule has 186 valence electrons. The molecule has 0 radical (unpaired) electrons. The number of nitrogens with zero attached hydrogens (tertiary/aromatic N) is 3. The average Bonchev–Trinajstić information content (AvgIpc) is 2.81. The van der Waals surface area contributed by atoms with Crippen LogP contribution in [0, 0.1) is 0 Å². The van der Waals surface area contributed by atoms with Crippen LogP contribution in [0.5, 0.6) is 0 Å². The fraction of sp³-hybridized carbons (Fsp3) is 0.458. The molecule has 1 aliphatic rings. The molecule has 0 atom stereocenters. The molecule has 0 bridgehead atoms. The summed E-state index contributed by atoms with van der Waals surface area (Å²) in [6.45, 7) is 4.80. The van der Waals surface area contributed by atoms with Gasteiger partial charge in [0.25, 0.3) is 0 Å². The van der Waals surface area contributed by atoms with E-state index in [0.717, 1.165) is 49.7 Å². The normalized spacial score (nSPS) is 15.6. The largest absolute Gasteiger partial charge is 0.369 e. The number of hydrogen-bond acceptors (Lipinski definition) is 7. The Kier molecular flexibility index (Phi) is 8.51. The first-order valence-electron chi connectivity index (χ1n) is 11.3. The Bertz CT molecular complexity index is 1200. The predicted octanol–water partition coefficient (Wildman–Crippen LogP) is 2.52. The molecule has 0 amide bonds. The number of unbranched alkanes of at least 4 members (excludes halogenated alkanes) is 1. The van der Waals surface area contributed by atoms with Crippen LogP contribution in [0.1, 0.15) is 29.6 Å². The van der Waals surface area contributed by atoms with Crippen LogP contribution in [0.25, 0.3) is 0 Å². The summed E-state index contributed by atoms with van der Waals surface area (Å²) in [7, 11) is -5.14. The fourth-order valence-electron chi connectivity index (χ4n) is 4.02. The third kappa shape index (κ3) is 6.44. The maximum atomic E-state index is 12.7. The number of hydrogen-bond donors (Lipinski definition) is 0. The van der Waals surface area contributed by atoms with Gasteiger partial charge in [-0.25, -0.2) is 21.1 Å². The Balaban J connectivity index is 1.54. The second kappa shape index (κ2) is 11.0. The molecular weight excluding hydrogens is 474 g/mol. The molecular formula is C24H33N3O5S2. The van der Waals surface area contributed by atoms with E-state index in [4.69, 9.17) is 0 Å². The zero-order valence-corrected chi connectivity index (χ0v) is 21.6. The Morgan fingerprint density at radius 1 is 0.882 bits per heavy atom. The van der Waals surface area contributed by atoms with E-state index in [1.165, 1.54) is 38.0 Å². The SMILES string of the molecule is CN(C)S(=O)(=O)c1cc(C(=O)CCCCN2CCN(c3ccccc3)CC2)ccc1S(C)(=O)=O. The van der Waals surface area contributed by atoms with Crippen molar-refractivity contribution in [1.82, 2.24) is 9.21 Å². The van der Waals surface area contributed by atoms with E-state index >= 15 is 0 Å². The fourth-order valence-corrected chi connectivity index (χ4v) is 6.52. The van der Waals surface area contributed by atoms with Crippen LogP contribution in [0.2, 0.25) is 0 Å². The summed E-state index contributed by atoms with van der Waals surface area (Å²) in [6.07, 6.45) is 2.78. The first-order chi connectivity index (χ1) is 16.0. The molecule has 1 saturated heterocycles. The molecule has 0 aliphatic carbocycles. The summed E-state index contributed by atoms with van der Waals surface area (Å²) < 4.78 is 50.5. The van der Waals surface area contributed by atoms with Gasteiger partial charge in [-0.15, -0.1) is 0 Å². The number of ketones is 1. The van der Waals surface area contributed by atoms with Gasteiger partial charge < -0.3 is 4.90 Å². The van der Waals surface area contributed by atoms with Crippen molar-refractivity contribution in [1.29, 1.82) is 0 Å². The summed E-state index contributed by atoms with van der Waals surface area (Å²) in [5.41, 5.74) is 1.45. The molecule has 1 heterocycles. The summed E-state index contributed by atoms with van der Waals surface area (Å²) in [5.74, 6) is -0.191. The van der Waals surface area contributed by atoms with Gasteiger partial charge in [0, 0.05) is 64.2 Å². The summed E-state index contributed by atoms with van der Waals surface area (Å²) in [5, 5.41) is 0. The lowest BCUT2D eigenvalue weighted by Crippen LogP contribution is -2.46. The van der Waals surface area contributed by atoms with Crippen molar-refractivity contribution in [3.8, 4) is 0 Å².